The minimum Gasteiger partial charge on any atom is -0.340 e. The summed E-state index contributed by atoms with van der Waals surface area (Å²) < 4.78 is 43.6. The van der Waals surface area contributed by atoms with Gasteiger partial charge in [-0.1, -0.05) is 12.1 Å². The molecule has 27 heavy (non-hydrogen) atoms. The van der Waals surface area contributed by atoms with Gasteiger partial charge in [0.15, 0.2) is 11.6 Å². The number of alkyl halides is 3. The lowest BCUT2D eigenvalue weighted by atomic mass is 10.1. The van der Waals surface area contributed by atoms with Crippen molar-refractivity contribution in [3.8, 4) is 28.7 Å². The van der Waals surface area contributed by atoms with Crippen LogP contribution < -0.4 is 0 Å². The Labute approximate surface area is 151 Å². The van der Waals surface area contributed by atoms with Gasteiger partial charge in [0, 0.05) is 18.9 Å². The Morgan fingerprint density at radius 2 is 1.78 bits per heavy atom. The van der Waals surface area contributed by atoms with Crippen molar-refractivity contribution in [3.05, 3.63) is 72.1 Å². The summed E-state index contributed by atoms with van der Waals surface area (Å²) in [5.41, 5.74) is 1.78. The van der Waals surface area contributed by atoms with E-state index in [1.54, 1.807) is 29.0 Å². The number of rotatable bonds is 1. The first kappa shape index (κ1) is 15.8. The fourth-order valence-electron chi connectivity index (χ4n) is 3.36. The molecule has 1 aromatic carbocycles. The monoisotopic (exact) mass is 367 g/mol. The summed E-state index contributed by atoms with van der Waals surface area (Å²) in [5, 5.41) is 8.50. The molecule has 1 aliphatic heterocycles. The average Bonchev–Trinajstić information content (AvgIpc) is 3.26. The summed E-state index contributed by atoms with van der Waals surface area (Å²) in [4.78, 5) is 4.30. The lowest BCUT2D eigenvalue weighted by Gasteiger charge is -2.14. The molecule has 8 heteroatoms. The highest BCUT2D eigenvalue weighted by Gasteiger charge is 2.33. The summed E-state index contributed by atoms with van der Waals surface area (Å²) in [6.07, 6.45) is -0.943. The van der Waals surface area contributed by atoms with Crippen molar-refractivity contribution in [2.24, 2.45) is 0 Å². The summed E-state index contributed by atoms with van der Waals surface area (Å²) in [6.45, 7) is 0.445. The second kappa shape index (κ2) is 5.54. The number of halogens is 3. The second-order valence-electron chi connectivity index (χ2n) is 6.26. The van der Waals surface area contributed by atoms with E-state index in [2.05, 4.69) is 15.2 Å². The first-order valence-electron chi connectivity index (χ1n) is 8.25. The highest BCUT2D eigenvalue weighted by atomic mass is 19.4. The van der Waals surface area contributed by atoms with Crippen LogP contribution in [0, 0.1) is 0 Å². The second-order valence-corrected chi connectivity index (χ2v) is 6.26. The van der Waals surface area contributed by atoms with Crippen molar-refractivity contribution in [1.29, 1.82) is 0 Å². The SMILES string of the molecule is FC(F)(F)c1ccc2c(c1)-n1c(-c3ccccn3)nnc1-c1cccn1C2. The van der Waals surface area contributed by atoms with E-state index >= 15 is 0 Å². The molecule has 3 aromatic heterocycles. The van der Waals surface area contributed by atoms with Gasteiger partial charge in [0.2, 0.25) is 0 Å². The Balaban J connectivity index is 1.84. The molecule has 4 heterocycles. The third kappa shape index (κ3) is 2.44. The van der Waals surface area contributed by atoms with Gasteiger partial charge in [-0.05, 0) is 42.0 Å². The summed E-state index contributed by atoms with van der Waals surface area (Å²) in [7, 11) is 0. The van der Waals surface area contributed by atoms with E-state index in [0.717, 1.165) is 23.4 Å². The maximum Gasteiger partial charge on any atom is 0.416 e. The summed E-state index contributed by atoms with van der Waals surface area (Å²) in [6, 6.07) is 12.9. The van der Waals surface area contributed by atoms with Crippen LogP contribution in [0.1, 0.15) is 11.1 Å². The Kier molecular flexibility index (Phi) is 3.24. The van der Waals surface area contributed by atoms with E-state index in [1.807, 2.05) is 22.9 Å². The minimum absolute atomic E-state index is 0.404. The van der Waals surface area contributed by atoms with Crippen LogP contribution in [0.15, 0.2) is 60.9 Å². The molecule has 0 bridgehead atoms. The maximum atomic E-state index is 13.3. The van der Waals surface area contributed by atoms with Crippen LogP contribution in [0.2, 0.25) is 0 Å². The lowest BCUT2D eigenvalue weighted by Crippen LogP contribution is -2.09. The van der Waals surface area contributed by atoms with Crippen molar-refractivity contribution in [2.75, 3.05) is 0 Å². The van der Waals surface area contributed by atoms with Gasteiger partial charge >= 0.3 is 6.18 Å². The van der Waals surface area contributed by atoms with Gasteiger partial charge in [0.1, 0.15) is 5.69 Å². The Hall–Kier alpha value is -3.42. The molecule has 0 unspecified atom stereocenters. The zero-order valence-corrected chi connectivity index (χ0v) is 13.9. The number of benzene rings is 1. The molecular weight excluding hydrogens is 355 g/mol. The molecule has 0 fully saturated rings. The van der Waals surface area contributed by atoms with Gasteiger partial charge in [-0.15, -0.1) is 10.2 Å². The third-order valence-corrected chi connectivity index (χ3v) is 4.61. The zero-order chi connectivity index (χ0) is 18.6. The molecule has 1 aliphatic rings. The van der Waals surface area contributed by atoms with Crippen molar-refractivity contribution >= 4 is 0 Å². The van der Waals surface area contributed by atoms with Crippen LogP contribution in [0.3, 0.4) is 0 Å². The molecule has 0 amide bonds. The molecule has 0 saturated carbocycles. The van der Waals surface area contributed by atoms with E-state index < -0.39 is 11.7 Å². The zero-order valence-electron chi connectivity index (χ0n) is 13.9. The number of nitrogens with zero attached hydrogens (tertiary/aromatic N) is 5. The van der Waals surface area contributed by atoms with Crippen LogP contribution in [0.5, 0.6) is 0 Å². The van der Waals surface area contributed by atoms with Crippen molar-refractivity contribution < 1.29 is 13.2 Å². The van der Waals surface area contributed by atoms with E-state index in [-0.39, 0.29) is 0 Å². The summed E-state index contributed by atoms with van der Waals surface area (Å²) in [5.74, 6) is 0.888. The fraction of sp³-hybridized carbons (Fsp3) is 0.105. The Morgan fingerprint density at radius 3 is 2.56 bits per heavy atom. The van der Waals surface area contributed by atoms with Gasteiger partial charge in [0.25, 0.3) is 0 Å². The smallest absolute Gasteiger partial charge is 0.340 e. The van der Waals surface area contributed by atoms with Crippen LogP contribution in [0.4, 0.5) is 13.2 Å². The lowest BCUT2D eigenvalue weighted by molar-refractivity contribution is -0.137. The Morgan fingerprint density at radius 1 is 0.926 bits per heavy atom. The number of pyridine rings is 1. The van der Waals surface area contributed by atoms with Gasteiger partial charge in [-0.25, -0.2) is 0 Å². The van der Waals surface area contributed by atoms with E-state index in [4.69, 9.17) is 0 Å². The molecule has 5 nitrogen and oxygen atoms in total. The molecule has 134 valence electrons. The van der Waals surface area contributed by atoms with Crippen LogP contribution in [0.25, 0.3) is 28.7 Å². The fourth-order valence-corrected chi connectivity index (χ4v) is 3.36. The third-order valence-electron chi connectivity index (χ3n) is 4.61. The standard InChI is InChI=1S/C19H12F3N5/c20-19(21,22)13-7-6-12-11-26-9-3-5-15(26)18-25-24-17(27(18)16(12)10-13)14-4-1-2-8-23-14/h1-10H,11H2. The quantitative estimate of drug-likeness (QED) is 0.447. The number of aromatic nitrogens is 5. The van der Waals surface area contributed by atoms with Crippen molar-refractivity contribution in [1.82, 2.24) is 24.3 Å². The molecule has 0 saturated heterocycles. The maximum absolute atomic E-state index is 13.3. The largest absolute Gasteiger partial charge is 0.416 e. The van der Waals surface area contributed by atoms with Crippen LogP contribution in [-0.2, 0) is 12.7 Å². The van der Waals surface area contributed by atoms with E-state index in [0.29, 0.717) is 29.6 Å². The highest BCUT2D eigenvalue weighted by Crippen LogP contribution is 2.37. The van der Waals surface area contributed by atoms with Crippen molar-refractivity contribution in [2.45, 2.75) is 12.7 Å². The van der Waals surface area contributed by atoms with E-state index in [9.17, 15) is 13.2 Å². The highest BCUT2D eigenvalue weighted by molar-refractivity contribution is 5.66. The minimum atomic E-state index is -4.43. The van der Waals surface area contributed by atoms with Crippen molar-refractivity contribution in [3.63, 3.8) is 0 Å². The molecule has 5 rings (SSSR count). The van der Waals surface area contributed by atoms with Gasteiger partial charge < -0.3 is 4.57 Å². The molecular formula is C19H12F3N5. The number of fused-ring (bicyclic) bond motifs is 5. The molecule has 4 aromatic rings. The predicted octanol–water partition coefficient (Wildman–Crippen LogP) is 4.18. The normalized spacial score (nSPS) is 12.9. The first-order valence-corrected chi connectivity index (χ1v) is 8.25. The molecule has 0 radical (unpaired) electrons. The van der Waals surface area contributed by atoms with Crippen LogP contribution in [-0.4, -0.2) is 24.3 Å². The van der Waals surface area contributed by atoms with Gasteiger partial charge in [-0.3, -0.25) is 9.55 Å². The van der Waals surface area contributed by atoms with E-state index in [1.165, 1.54) is 6.07 Å². The Bertz CT molecular complexity index is 1140. The first-order chi connectivity index (χ1) is 13.0. The number of hydrogen-bond donors (Lipinski definition) is 0. The summed E-state index contributed by atoms with van der Waals surface area (Å²) >= 11 is 0. The van der Waals surface area contributed by atoms with Gasteiger partial charge in [0.05, 0.1) is 16.9 Å². The van der Waals surface area contributed by atoms with Gasteiger partial charge in [-0.2, -0.15) is 13.2 Å². The molecule has 0 aliphatic carbocycles. The van der Waals surface area contributed by atoms with Crippen LogP contribution >= 0.6 is 0 Å². The molecule has 0 N–H and O–H groups in total. The molecule has 0 atom stereocenters. The number of hydrogen-bond acceptors (Lipinski definition) is 3. The average molecular weight is 367 g/mol. The topological polar surface area (TPSA) is 48.5 Å². The predicted molar refractivity (Wildman–Crippen MR) is 92.1 cm³/mol. The molecule has 0 spiro atoms.